The monoisotopic (exact) mass is 644 g/mol. The summed E-state index contributed by atoms with van der Waals surface area (Å²) in [4.78, 5) is 12.4. The van der Waals surface area contributed by atoms with Crippen LogP contribution in [0.4, 0.5) is 22.0 Å². The van der Waals surface area contributed by atoms with E-state index in [1.807, 2.05) is 0 Å². The van der Waals surface area contributed by atoms with Gasteiger partial charge in [-0.15, -0.1) is 0 Å². The summed E-state index contributed by atoms with van der Waals surface area (Å²) in [6.45, 7) is 1.41. The van der Waals surface area contributed by atoms with Gasteiger partial charge in [0.25, 0.3) is 0 Å². The molecule has 5 atom stereocenters. The predicted octanol–water partition coefficient (Wildman–Crippen LogP) is 7.32. The quantitative estimate of drug-likeness (QED) is 0.281. The highest BCUT2D eigenvalue weighted by Crippen LogP contribution is 2.70. The lowest BCUT2D eigenvalue weighted by Gasteiger charge is -2.56. The second kappa shape index (κ2) is 10.6. The van der Waals surface area contributed by atoms with E-state index in [0.717, 1.165) is 28.5 Å². The molecule has 4 aliphatic carbocycles. The lowest BCUT2D eigenvalue weighted by atomic mass is 9.50. The number of sulfone groups is 1. The van der Waals surface area contributed by atoms with Gasteiger partial charge in [0.15, 0.2) is 15.6 Å². The number of alkyl halides is 5. The number of hydrogen-bond acceptors (Lipinski definition) is 4. The molecule has 2 unspecified atom stereocenters. The highest BCUT2D eigenvalue weighted by atomic mass is 32.2. The number of rotatable bonds is 3. The van der Waals surface area contributed by atoms with Crippen LogP contribution in [-0.2, 0) is 14.6 Å². The highest BCUT2D eigenvalue weighted by Gasteiger charge is 2.79. The highest BCUT2D eigenvalue weighted by molar-refractivity contribution is 7.90. The van der Waals surface area contributed by atoms with Gasteiger partial charge in [0.1, 0.15) is 5.60 Å². The smallest absolute Gasteiger partial charge is 0.383 e. The van der Waals surface area contributed by atoms with Crippen LogP contribution in [0.2, 0.25) is 0 Å². The summed E-state index contributed by atoms with van der Waals surface area (Å²) in [5.74, 6) is -0.620. The van der Waals surface area contributed by atoms with Gasteiger partial charge in [-0.25, -0.2) is 8.42 Å². The normalized spacial score (nSPS) is 30.1. The Morgan fingerprint density at radius 2 is 1.49 bits per heavy atom. The van der Waals surface area contributed by atoms with Crippen molar-refractivity contribution in [1.82, 2.24) is 0 Å². The number of carbonyl (C=O) groups excluding carboxylic acids is 1. The summed E-state index contributed by atoms with van der Waals surface area (Å²) in [6, 6.07) is 13.3. The van der Waals surface area contributed by atoms with E-state index < -0.39 is 51.2 Å². The fraction of sp³-hybridized carbons (Fsp3) is 0.457. The van der Waals surface area contributed by atoms with Crippen molar-refractivity contribution >= 4 is 15.6 Å². The van der Waals surface area contributed by atoms with E-state index in [9.17, 15) is 31.5 Å². The maximum absolute atomic E-state index is 15.2. The Hall–Kier alpha value is -3.29. The van der Waals surface area contributed by atoms with Crippen molar-refractivity contribution in [1.29, 1.82) is 0 Å². The number of fused-ring (bicyclic) bond motifs is 4. The molecule has 45 heavy (non-hydrogen) atoms. The summed E-state index contributed by atoms with van der Waals surface area (Å²) in [5, 5.41) is 11.4. The molecule has 0 aliphatic heterocycles. The molecule has 2 aromatic rings. The first kappa shape index (κ1) is 31.7. The van der Waals surface area contributed by atoms with E-state index >= 15 is 8.78 Å². The van der Waals surface area contributed by atoms with E-state index in [0.29, 0.717) is 36.8 Å². The average molecular weight is 645 g/mol. The molecule has 0 spiro atoms. The Kier molecular flexibility index (Phi) is 7.48. The maximum atomic E-state index is 15.2. The Labute approximate surface area is 259 Å². The summed E-state index contributed by atoms with van der Waals surface area (Å²) in [5.41, 5.74) is -0.0658. The first-order valence-corrected chi connectivity index (χ1v) is 16.9. The molecule has 0 aromatic heterocycles. The van der Waals surface area contributed by atoms with Crippen molar-refractivity contribution < 1.29 is 40.3 Å². The number of carbonyl (C=O) groups is 1. The fourth-order valence-corrected chi connectivity index (χ4v) is 9.07. The third-order valence-corrected chi connectivity index (χ3v) is 11.8. The maximum Gasteiger partial charge on any atom is 0.456 e. The Balaban J connectivity index is 1.40. The van der Waals surface area contributed by atoms with Gasteiger partial charge in [-0.2, -0.15) is 22.0 Å². The summed E-state index contributed by atoms with van der Waals surface area (Å²) in [6.07, 6.45) is -1.92. The molecule has 0 bridgehead atoms. The van der Waals surface area contributed by atoms with Crippen molar-refractivity contribution in [2.24, 2.45) is 17.3 Å². The van der Waals surface area contributed by atoms with Crippen LogP contribution in [0.15, 0.2) is 76.2 Å². The molecule has 4 aliphatic rings. The number of halogens is 5. The van der Waals surface area contributed by atoms with E-state index in [1.165, 1.54) is 19.1 Å². The zero-order valence-corrected chi connectivity index (χ0v) is 25.7. The standard InChI is InChI=1S/C35H33F5O4S/c1-32-20-29(23-9-5-21(6-10-23)3-4-22-7-13-26(14-8-22)45(2,43)44)31-27-16-12-25(41)19-24(27)11-15-28(31)30(32)17-18-33(32,42)34(36,37)35(38,39)40/h5-10,13-14,19,28-30,42H,11-12,15-18,20H2,1-2H3/t28?,29-,30?,32+,33+/m1/s1. The van der Waals surface area contributed by atoms with Crippen LogP contribution in [0.5, 0.6) is 0 Å². The van der Waals surface area contributed by atoms with Crippen LogP contribution in [-0.4, -0.2) is 43.3 Å². The molecule has 2 saturated carbocycles. The van der Waals surface area contributed by atoms with Crippen LogP contribution in [0.3, 0.4) is 0 Å². The van der Waals surface area contributed by atoms with Gasteiger partial charge in [0.2, 0.25) is 0 Å². The molecule has 1 N–H and O–H groups in total. The van der Waals surface area contributed by atoms with E-state index in [1.54, 1.807) is 42.5 Å². The average Bonchev–Trinajstić information content (AvgIpc) is 3.26. The van der Waals surface area contributed by atoms with Gasteiger partial charge in [-0.3, -0.25) is 4.79 Å². The first-order chi connectivity index (χ1) is 21.0. The van der Waals surface area contributed by atoms with E-state index in [4.69, 9.17) is 0 Å². The number of aliphatic hydroxyl groups is 1. The Morgan fingerprint density at radius 1 is 0.889 bits per heavy atom. The number of ketones is 1. The summed E-state index contributed by atoms with van der Waals surface area (Å²) < 4.78 is 95.1. The second-order valence-electron chi connectivity index (χ2n) is 13.1. The Morgan fingerprint density at radius 3 is 2.07 bits per heavy atom. The zero-order valence-electron chi connectivity index (χ0n) is 24.8. The zero-order chi connectivity index (χ0) is 32.6. The molecule has 238 valence electrons. The number of allylic oxidation sites excluding steroid dienone is 4. The lowest BCUT2D eigenvalue weighted by Crippen LogP contribution is -2.65. The summed E-state index contributed by atoms with van der Waals surface area (Å²) in [7, 11) is -3.34. The van der Waals surface area contributed by atoms with Crippen LogP contribution >= 0.6 is 0 Å². The minimum Gasteiger partial charge on any atom is -0.383 e. The molecule has 2 fully saturated rings. The largest absolute Gasteiger partial charge is 0.456 e. The lowest BCUT2D eigenvalue weighted by molar-refractivity contribution is -0.362. The third kappa shape index (κ3) is 5.07. The van der Waals surface area contributed by atoms with Crippen molar-refractivity contribution in [3.63, 3.8) is 0 Å². The predicted molar refractivity (Wildman–Crippen MR) is 158 cm³/mol. The van der Waals surface area contributed by atoms with Crippen LogP contribution < -0.4 is 0 Å². The van der Waals surface area contributed by atoms with Crippen molar-refractivity contribution in [2.75, 3.05) is 6.26 Å². The van der Waals surface area contributed by atoms with Crippen LogP contribution in [0.1, 0.15) is 74.5 Å². The molecule has 0 amide bonds. The molecule has 0 heterocycles. The van der Waals surface area contributed by atoms with Crippen LogP contribution in [0, 0.1) is 29.1 Å². The van der Waals surface area contributed by atoms with E-state index in [2.05, 4.69) is 11.8 Å². The van der Waals surface area contributed by atoms with Gasteiger partial charge in [0.05, 0.1) is 4.90 Å². The SMILES string of the molecule is C[C@]12C[C@H](c3ccc(C#Cc4ccc(S(C)(=O)=O)cc4)cc3)C3=C4CCC(=O)C=C4CCC3C1CC[C@@]2(O)C(F)(F)C(F)(F)F. The molecule has 10 heteroatoms. The third-order valence-electron chi connectivity index (χ3n) is 10.7. The molecular weight excluding hydrogens is 611 g/mol. The van der Waals surface area contributed by atoms with Gasteiger partial charge < -0.3 is 5.11 Å². The van der Waals surface area contributed by atoms with Crippen molar-refractivity contribution in [2.45, 2.75) is 80.4 Å². The Bertz CT molecular complexity index is 1780. The van der Waals surface area contributed by atoms with E-state index in [-0.39, 0.29) is 29.4 Å². The second-order valence-corrected chi connectivity index (χ2v) is 15.2. The fourth-order valence-electron chi connectivity index (χ4n) is 8.44. The first-order valence-electron chi connectivity index (χ1n) is 15.0. The molecule has 0 radical (unpaired) electrons. The van der Waals surface area contributed by atoms with Crippen LogP contribution in [0.25, 0.3) is 0 Å². The topological polar surface area (TPSA) is 71.4 Å². The van der Waals surface area contributed by atoms with Gasteiger partial charge >= 0.3 is 12.1 Å². The van der Waals surface area contributed by atoms with Gasteiger partial charge in [-0.1, -0.05) is 36.5 Å². The molecule has 2 aromatic carbocycles. The molecule has 4 nitrogen and oxygen atoms in total. The molecular formula is C35H33F5O4S. The van der Waals surface area contributed by atoms with Crippen molar-refractivity contribution in [3.8, 4) is 11.8 Å². The molecule has 0 saturated heterocycles. The number of hydrogen-bond donors (Lipinski definition) is 1. The minimum atomic E-state index is -5.90. The summed E-state index contributed by atoms with van der Waals surface area (Å²) >= 11 is 0. The molecule has 6 rings (SSSR count). The minimum absolute atomic E-state index is 0.0268. The van der Waals surface area contributed by atoms with Crippen molar-refractivity contribution in [3.05, 3.63) is 88.0 Å². The number of benzene rings is 2. The van der Waals surface area contributed by atoms with Gasteiger partial charge in [-0.05, 0) is 110 Å². The van der Waals surface area contributed by atoms with Gasteiger partial charge in [0, 0.05) is 35.1 Å².